The van der Waals surface area contributed by atoms with Crippen LogP contribution in [-0.4, -0.2) is 36.2 Å². The second kappa shape index (κ2) is 6.38. The van der Waals surface area contributed by atoms with Gasteiger partial charge < -0.3 is 20.5 Å². The molecule has 1 saturated heterocycles. The first-order valence-corrected chi connectivity index (χ1v) is 6.56. The minimum atomic E-state index is -0.725. The molecule has 6 heteroatoms. The summed E-state index contributed by atoms with van der Waals surface area (Å²) < 4.78 is 5.36. The van der Waals surface area contributed by atoms with Crippen LogP contribution in [0, 0.1) is 6.92 Å². The van der Waals surface area contributed by atoms with E-state index < -0.39 is 11.8 Å². The van der Waals surface area contributed by atoms with Crippen molar-refractivity contribution in [3.63, 3.8) is 0 Å². The van der Waals surface area contributed by atoms with E-state index in [0.717, 1.165) is 12.8 Å². The third-order valence-electron chi connectivity index (χ3n) is 3.18. The van der Waals surface area contributed by atoms with Crippen LogP contribution in [0.1, 0.15) is 18.4 Å². The smallest absolute Gasteiger partial charge is 0.313 e. The van der Waals surface area contributed by atoms with Gasteiger partial charge in [0, 0.05) is 18.8 Å². The lowest BCUT2D eigenvalue weighted by atomic mass is 10.2. The van der Waals surface area contributed by atoms with Gasteiger partial charge in [-0.15, -0.1) is 0 Å². The minimum Gasteiger partial charge on any atom is -0.508 e. The fourth-order valence-electron chi connectivity index (χ4n) is 2.06. The van der Waals surface area contributed by atoms with Crippen LogP contribution in [0.3, 0.4) is 0 Å². The maximum absolute atomic E-state index is 11.7. The molecular weight excluding hydrogens is 260 g/mol. The lowest BCUT2D eigenvalue weighted by Gasteiger charge is -2.11. The fraction of sp³-hybridized carbons (Fsp3) is 0.429. The molecule has 1 aliphatic rings. The molecule has 1 aromatic rings. The number of hydrogen-bond donors (Lipinski definition) is 3. The maximum atomic E-state index is 11.7. The van der Waals surface area contributed by atoms with Crippen LogP contribution in [0.15, 0.2) is 18.2 Å². The first kappa shape index (κ1) is 14.3. The largest absolute Gasteiger partial charge is 0.508 e. The predicted molar refractivity (Wildman–Crippen MR) is 73.5 cm³/mol. The van der Waals surface area contributed by atoms with E-state index in [9.17, 15) is 14.7 Å². The number of carbonyl (C=O) groups is 2. The number of hydrogen-bond acceptors (Lipinski definition) is 4. The Balaban J connectivity index is 1.85. The van der Waals surface area contributed by atoms with Crippen molar-refractivity contribution in [1.29, 1.82) is 0 Å². The molecule has 1 heterocycles. The summed E-state index contributed by atoms with van der Waals surface area (Å²) in [5.41, 5.74) is 1.19. The molecule has 2 amide bonds. The Hall–Kier alpha value is -2.08. The molecular formula is C14H18N2O4. The average molecular weight is 278 g/mol. The molecule has 0 aliphatic carbocycles. The standard InChI is InChI=1S/C14H18N2O4/c1-9-7-10(17)4-5-12(9)16-14(19)13(18)15-8-11-3-2-6-20-11/h4-5,7,11,17H,2-3,6,8H2,1H3,(H,15,18)(H,16,19). The second-order valence-electron chi connectivity index (χ2n) is 4.80. The number of phenols is 1. The van der Waals surface area contributed by atoms with Gasteiger partial charge in [0.05, 0.1) is 6.10 Å². The van der Waals surface area contributed by atoms with Gasteiger partial charge in [-0.3, -0.25) is 9.59 Å². The molecule has 2 rings (SSSR count). The minimum absolute atomic E-state index is 0.00200. The van der Waals surface area contributed by atoms with Crippen LogP contribution in [0.4, 0.5) is 5.69 Å². The number of amides is 2. The lowest BCUT2D eigenvalue weighted by Crippen LogP contribution is -2.39. The van der Waals surface area contributed by atoms with Crippen molar-refractivity contribution in [1.82, 2.24) is 5.32 Å². The van der Waals surface area contributed by atoms with E-state index in [2.05, 4.69) is 10.6 Å². The second-order valence-corrected chi connectivity index (χ2v) is 4.80. The van der Waals surface area contributed by atoms with Crippen molar-refractivity contribution in [2.24, 2.45) is 0 Å². The molecule has 1 fully saturated rings. The summed E-state index contributed by atoms with van der Waals surface area (Å²) in [5, 5.41) is 14.3. The number of anilines is 1. The zero-order valence-electron chi connectivity index (χ0n) is 11.3. The molecule has 3 N–H and O–H groups in total. The summed E-state index contributed by atoms with van der Waals surface area (Å²) in [5.74, 6) is -1.30. The summed E-state index contributed by atoms with van der Waals surface area (Å²) in [6, 6.07) is 4.52. The van der Waals surface area contributed by atoms with Gasteiger partial charge in [0.1, 0.15) is 5.75 Å². The topological polar surface area (TPSA) is 87.7 Å². The van der Waals surface area contributed by atoms with Crippen LogP contribution in [0.2, 0.25) is 0 Å². The molecule has 1 aromatic carbocycles. The monoisotopic (exact) mass is 278 g/mol. The highest BCUT2D eigenvalue weighted by molar-refractivity contribution is 6.39. The summed E-state index contributed by atoms with van der Waals surface area (Å²) >= 11 is 0. The SMILES string of the molecule is Cc1cc(O)ccc1NC(=O)C(=O)NCC1CCCO1. The molecule has 0 bridgehead atoms. The van der Waals surface area contributed by atoms with E-state index in [1.807, 2.05) is 0 Å². The summed E-state index contributed by atoms with van der Waals surface area (Å²) in [7, 11) is 0. The molecule has 1 aliphatic heterocycles. The third kappa shape index (κ3) is 3.71. The Bertz CT molecular complexity index is 510. The number of benzene rings is 1. The highest BCUT2D eigenvalue weighted by Crippen LogP contribution is 2.19. The molecule has 0 aromatic heterocycles. The van der Waals surface area contributed by atoms with Gasteiger partial charge in [0.2, 0.25) is 0 Å². The van der Waals surface area contributed by atoms with E-state index in [-0.39, 0.29) is 11.9 Å². The Morgan fingerprint density at radius 1 is 1.40 bits per heavy atom. The van der Waals surface area contributed by atoms with Crippen LogP contribution in [-0.2, 0) is 14.3 Å². The number of phenolic OH excluding ortho intramolecular Hbond substituents is 1. The number of ether oxygens (including phenoxy) is 1. The normalized spacial score (nSPS) is 17.8. The number of rotatable bonds is 3. The summed E-state index contributed by atoms with van der Waals surface area (Å²) in [6.45, 7) is 2.79. The highest BCUT2D eigenvalue weighted by atomic mass is 16.5. The summed E-state index contributed by atoms with van der Waals surface area (Å²) in [4.78, 5) is 23.4. The van der Waals surface area contributed by atoms with Crippen LogP contribution in [0.5, 0.6) is 5.75 Å². The quantitative estimate of drug-likeness (QED) is 0.567. The molecule has 108 valence electrons. The zero-order chi connectivity index (χ0) is 14.5. The molecule has 1 atom stereocenters. The zero-order valence-corrected chi connectivity index (χ0v) is 11.3. The van der Waals surface area contributed by atoms with E-state index >= 15 is 0 Å². The Labute approximate surface area is 117 Å². The van der Waals surface area contributed by atoms with Gasteiger partial charge in [-0.25, -0.2) is 0 Å². The van der Waals surface area contributed by atoms with Crippen molar-refractivity contribution < 1.29 is 19.4 Å². The maximum Gasteiger partial charge on any atom is 0.313 e. The Morgan fingerprint density at radius 2 is 2.20 bits per heavy atom. The van der Waals surface area contributed by atoms with E-state index in [1.165, 1.54) is 12.1 Å². The van der Waals surface area contributed by atoms with Gasteiger partial charge in [-0.2, -0.15) is 0 Å². The first-order valence-electron chi connectivity index (χ1n) is 6.56. The molecule has 0 radical (unpaired) electrons. The van der Waals surface area contributed by atoms with Gasteiger partial charge >= 0.3 is 11.8 Å². The van der Waals surface area contributed by atoms with Crippen molar-refractivity contribution in [2.45, 2.75) is 25.9 Å². The van der Waals surface area contributed by atoms with Gasteiger partial charge in [0.25, 0.3) is 0 Å². The molecule has 1 unspecified atom stereocenters. The predicted octanol–water partition coefficient (Wildman–Crippen LogP) is 0.934. The highest BCUT2D eigenvalue weighted by Gasteiger charge is 2.19. The molecule has 0 saturated carbocycles. The number of aromatic hydroxyl groups is 1. The molecule has 0 spiro atoms. The van der Waals surface area contributed by atoms with Crippen molar-refractivity contribution in [2.75, 3.05) is 18.5 Å². The fourth-order valence-corrected chi connectivity index (χ4v) is 2.06. The first-order chi connectivity index (χ1) is 9.56. The molecule has 6 nitrogen and oxygen atoms in total. The van der Waals surface area contributed by atoms with Crippen molar-refractivity contribution in [3.8, 4) is 5.75 Å². The van der Waals surface area contributed by atoms with E-state index in [1.54, 1.807) is 13.0 Å². The van der Waals surface area contributed by atoms with Crippen molar-refractivity contribution >= 4 is 17.5 Å². The van der Waals surface area contributed by atoms with Crippen molar-refractivity contribution in [3.05, 3.63) is 23.8 Å². The van der Waals surface area contributed by atoms with Gasteiger partial charge in [-0.1, -0.05) is 0 Å². The molecule has 20 heavy (non-hydrogen) atoms. The number of carbonyl (C=O) groups excluding carboxylic acids is 2. The van der Waals surface area contributed by atoms with Gasteiger partial charge in [0.15, 0.2) is 0 Å². The third-order valence-corrected chi connectivity index (χ3v) is 3.18. The average Bonchev–Trinajstić information content (AvgIpc) is 2.92. The lowest BCUT2D eigenvalue weighted by molar-refractivity contribution is -0.136. The summed E-state index contributed by atoms with van der Waals surface area (Å²) in [6.07, 6.45) is 1.89. The van der Waals surface area contributed by atoms with Crippen LogP contribution < -0.4 is 10.6 Å². The van der Waals surface area contributed by atoms with E-state index in [4.69, 9.17) is 4.74 Å². The van der Waals surface area contributed by atoms with Gasteiger partial charge in [-0.05, 0) is 43.5 Å². The van der Waals surface area contributed by atoms with Crippen LogP contribution >= 0.6 is 0 Å². The van der Waals surface area contributed by atoms with E-state index in [0.29, 0.717) is 24.4 Å². The Kier molecular flexibility index (Phi) is 4.57. The number of nitrogens with one attached hydrogen (secondary N) is 2. The number of aryl methyl sites for hydroxylation is 1. The Morgan fingerprint density at radius 3 is 2.85 bits per heavy atom. The van der Waals surface area contributed by atoms with Crippen LogP contribution in [0.25, 0.3) is 0 Å².